The molecule has 0 N–H and O–H groups in total. The number of hydrogen-bond acceptors (Lipinski definition) is 1. The minimum Gasteiger partial charge on any atom is -0.378 e. The SMILES string of the molecule is CCCCCC1CCC(COC2CCC(c3ccc(-c4ccc(CC)c(F)c4F)cc3)CC2)CC1. The largest absolute Gasteiger partial charge is 0.378 e. The lowest BCUT2D eigenvalue weighted by Gasteiger charge is -2.32. The zero-order valence-electron chi connectivity index (χ0n) is 21.8. The molecule has 2 aliphatic rings. The van der Waals surface area contributed by atoms with E-state index in [2.05, 4.69) is 19.1 Å². The molecule has 3 heteroatoms. The molecule has 0 heterocycles. The highest BCUT2D eigenvalue weighted by molar-refractivity contribution is 5.65. The maximum Gasteiger partial charge on any atom is 0.166 e. The molecule has 0 unspecified atom stereocenters. The standard InChI is InChI=1S/C32H44F2O/c1-3-5-6-7-23-8-10-24(11-9-23)22-35-29-19-16-27(17-20-29)26-12-14-28(15-13-26)30-21-18-25(4-2)31(33)32(30)34/h12-15,18,21,23-24,27,29H,3-11,16-17,19-20,22H2,1-2H3. The van der Waals surface area contributed by atoms with Crippen LogP contribution in [-0.2, 0) is 11.2 Å². The van der Waals surface area contributed by atoms with E-state index in [4.69, 9.17) is 4.74 Å². The molecular weight excluding hydrogens is 438 g/mol. The number of aryl methyl sites for hydroxylation is 1. The maximum absolute atomic E-state index is 14.5. The monoisotopic (exact) mass is 482 g/mol. The van der Waals surface area contributed by atoms with Crippen LogP contribution in [0.1, 0.15) is 108 Å². The van der Waals surface area contributed by atoms with E-state index in [-0.39, 0.29) is 0 Å². The van der Waals surface area contributed by atoms with Gasteiger partial charge >= 0.3 is 0 Å². The van der Waals surface area contributed by atoms with Crippen LogP contribution < -0.4 is 0 Å². The van der Waals surface area contributed by atoms with Gasteiger partial charge in [-0.05, 0) is 79.4 Å². The van der Waals surface area contributed by atoms with Gasteiger partial charge in [-0.3, -0.25) is 0 Å². The number of rotatable bonds is 10. The van der Waals surface area contributed by atoms with Crippen molar-refractivity contribution in [2.24, 2.45) is 11.8 Å². The third kappa shape index (κ3) is 6.94. The molecule has 0 radical (unpaired) electrons. The summed E-state index contributed by atoms with van der Waals surface area (Å²) in [6.07, 6.45) is 16.5. The molecule has 4 rings (SSSR count). The van der Waals surface area contributed by atoms with Crippen LogP contribution in [-0.4, -0.2) is 12.7 Å². The number of hydrogen-bond donors (Lipinski definition) is 0. The first kappa shape index (κ1) is 26.3. The third-order valence-electron chi connectivity index (χ3n) is 8.66. The summed E-state index contributed by atoms with van der Waals surface area (Å²) >= 11 is 0. The molecule has 0 saturated heterocycles. The predicted molar refractivity (Wildman–Crippen MR) is 142 cm³/mol. The van der Waals surface area contributed by atoms with Crippen LogP contribution in [0.2, 0.25) is 0 Å². The quantitative estimate of drug-likeness (QED) is 0.306. The highest BCUT2D eigenvalue weighted by Crippen LogP contribution is 2.37. The predicted octanol–water partition coefficient (Wildman–Crippen LogP) is 9.62. The van der Waals surface area contributed by atoms with Crippen LogP contribution in [0.15, 0.2) is 36.4 Å². The van der Waals surface area contributed by atoms with Crippen LogP contribution in [0, 0.1) is 23.5 Å². The van der Waals surface area contributed by atoms with Crippen LogP contribution in [0.5, 0.6) is 0 Å². The van der Waals surface area contributed by atoms with E-state index in [9.17, 15) is 8.78 Å². The number of ether oxygens (including phenoxy) is 1. The van der Waals surface area contributed by atoms with Gasteiger partial charge in [0.1, 0.15) is 0 Å². The van der Waals surface area contributed by atoms with Crippen molar-refractivity contribution in [2.75, 3.05) is 6.61 Å². The zero-order valence-corrected chi connectivity index (χ0v) is 21.8. The topological polar surface area (TPSA) is 9.23 Å². The summed E-state index contributed by atoms with van der Waals surface area (Å²) in [4.78, 5) is 0. The number of benzene rings is 2. The molecule has 0 atom stereocenters. The summed E-state index contributed by atoms with van der Waals surface area (Å²) in [7, 11) is 0. The molecule has 2 fully saturated rings. The van der Waals surface area contributed by atoms with Crippen LogP contribution in [0.25, 0.3) is 11.1 Å². The fourth-order valence-corrected chi connectivity index (χ4v) is 6.23. The summed E-state index contributed by atoms with van der Waals surface area (Å²) in [5, 5.41) is 0. The third-order valence-corrected chi connectivity index (χ3v) is 8.66. The lowest BCUT2D eigenvalue weighted by Crippen LogP contribution is -2.25. The Morgan fingerprint density at radius 3 is 2.09 bits per heavy atom. The van der Waals surface area contributed by atoms with Crippen LogP contribution in [0.4, 0.5) is 8.78 Å². The molecule has 0 spiro atoms. The van der Waals surface area contributed by atoms with Gasteiger partial charge in [-0.1, -0.05) is 88.8 Å². The van der Waals surface area contributed by atoms with Gasteiger partial charge in [0.25, 0.3) is 0 Å². The Hall–Kier alpha value is -1.74. The first-order valence-electron chi connectivity index (χ1n) is 14.3. The molecule has 192 valence electrons. The van der Waals surface area contributed by atoms with Crippen molar-refractivity contribution in [2.45, 2.75) is 109 Å². The van der Waals surface area contributed by atoms with E-state index in [1.807, 2.05) is 19.1 Å². The van der Waals surface area contributed by atoms with Crippen molar-refractivity contribution in [1.82, 2.24) is 0 Å². The fraction of sp³-hybridized carbons (Fsp3) is 0.625. The maximum atomic E-state index is 14.5. The zero-order chi connectivity index (χ0) is 24.6. The van der Waals surface area contributed by atoms with Gasteiger partial charge in [-0.15, -0.1) is 0 Å². The summed E-state index contributed by atoms with van der Waals surface area (Å²) in [5.41, 5.74) is 2.82. The second-order valence-corrected chi connectivity index (χ2v) is 11.1. The number of unbranched alkanes of at least 4 members (excludes halogenated alkanes) is 2. The number of halogens is 2. The highest BCUT2D eigenvalue weighted by Gasteiger charge is 2.26. The van der Waals surface area contributed by atoms with E-state index in [0.717, 1.165) is 49.7 Å². The Labute approximate surface area is 211 Å². The van der Waals surface area contributed by atoms with Gasteiger partial charge in [0, 0.05) is 12.2 Å². The molecule has 2 aliphatic carbocycles. The molecule has 2 saturated carbocycles. The molecule has 2 aromatic rings. The summed E-state index contributed by atoms with van der Waals surface area (Å²) in [5.74, 6) is 0.809. The van der Waals surface area contributed by atoms with Crippen molar-refractivity contribution in [3.8, 4) is 11.1 Å². The normalized spacial score (nSPS) is 25.0. The molecule has 0 amide bonds. The van der Waals surface area contributed by atoms with Gasteiger partial charge in [0.15, 0.2) is 11.6 Å². The minimum absolute atomic E-state index is 0.346. The first-order chi connectivity index (χ1) is 17.1. The van der Waals surface area contributed by atoms with Crippen molar-refractivity contribution in [3.05, 3.63) is 59.2 Å². The molecule has 0 aromatic heterocycles. The van der Waals surface area contributed by atoms with Gasteiger partial charge in [0.05, 0.1) is 6.10 Å². The highest BCUT2D eigenvalue weighted by atomic mass is 19.2. The molecule has 0 aliphatic heterocycles. The Balaban J connectivity index is 1.21. The minimum atomic E-state index is -0.736. The van der Waals surface area contributed by atoms with Crippen molar-refractivity contribution in [1.29, 1.82) is 0 Å². The average Bonchev–Trinajstić information content (AvgIpc) is 2.90. The summed E-state index contributed by atoms with van der Waals surface area (Å²) in [6.45, 7) is 5.08. The van der Waals surface area contributed by atoms with E-state index < -0.39 is 11.6 Å². The van der Waals surface area contributed by atoms with E-state index >= 15 is 0 Å². The van der Waals surface area contributed by atoms with Gasteiger partial charge in [0.2, 0.25) is 0 Å². The van der Waals surface area contributed by atoms with E-state index in [0.29, 0.717) is 29.6 Å². The second kappa shape index (κ2) is 13.0. The Kier molecular flexibility index (Phi) is 9.77. The molecule has 1 nitrogen and oxygen atoms in total. The lowest BCUT2D eigenvalue weighted by atomic mass is 9.80. The average molecular weight is 483 g/mol. The van der Waals surface area contributed by atoms with Gasteiger partial charge in [-0.2, -0.15) is 0 Å². The van der Waals surface area contributed by atoms with Crippen molar-refractivity contribution >= 4 is 0 Å². The van der Waals surface area contributed by atoms with Crippen molar-refractivity contribution < 1.29 is 13.5 Å². The summed E-state index contributed by atoms with van der Waals surface area (Å²) < 4.78 is 35.1. The van der Waals surface area contributed by atoms with Gasteiger partial charge in [-0.25, -0.2) is 8.78 Å². The Morgan fingerprint density at radius 1 is 0.743 bits per heavy atom. The second-order valence-electron chi connectivity index (χ2n) is 11.1. The van der Waals surface area contributed by atoms with E-state index in [1.54, 1.807) is 12.1 Å². The lowest BCUT2D eigenvalue weighted by molar-refractivity contribution is -0.00483. The molecule has 0 bridgehead atoms. The first-order valence-corrected chi connectivity index (χ1v) is 14.3. The fourth-order valence-electron chi connectivity index (χ4n) is 6.23. The Morgan fingerprint density at radius 2 is 1.43 bits per heavy atom. The molecular formula is C32H44F2O. The van der Waals surface area contributed by atoms with Crippen LogP contribution in [0.3, 0.4) is 0 Å². The smallest absolute Gasteiger partial charge is 0.166 e. The van der Waals surface area contributed by atoms with Crippen molar-refractivity contribution in [3.63, 3.8) is 0 Å². The molecule has 2 aromatic carbocycles. The summed E-state index contributed by atoms with van der Waals surface area (Å²) in [6, 6.07) is 11.5. The van der Waals surface area contributed by atoms with Gasteiger partial charge < -0.3 is 4.74 Å². The molecule has 35 heavy (non-hydrogen) atoms. The van der Waals surface area contributed by atoms with Crippen LogP contribution >= 0.6 is 0 Å². The van der Waals surface area contributed by atoms with E-state index in [1.165, 1.54) is 56.9 Å². The Bertz CT molecular complexity index is 906.